The number of aromatic nitrogens is 1. The van der Waals surface area contributed by atoms with Gasteiger partial charge in [0.1, 0.15) is 5.15 Å². The molecule has 20 heavy (non-hydrogen) atoms. The Morgan fingerprint density at radius 3 is 2.65 bits per heavy atom. The first-order valence-electron chi connectivity index (χ1n) is 5.61. The molecule has 0 aliphatic rings. The highest BCUT2D eigenvalue weighted by atomic mass is 35.5. The summed E-state index contributed by atoms with van der Waals surface area (Å²) in [7, 11) is 0. The summed E-state index contributed by atoms with van der Waals surface area (Å²) >= 11 is 5.74. The van der Waals surface area contributed by atoms with Gasteiger partial charge in [-0.3, -0.25) is 0 Å². The number of alkyl halides is 3. The molecule has 2 nitrogen and oxygen atoms in total. The van der Waals surface area contributed by atoms with Crippen molar-refractivity contribution in [2.75, 3.05) is 0 Å². The van der Waals surface area contributed by atoms with E-state index < -0.39 is 11.7 Å². The second-order valence-corrected chi connectivity index (χ2v) is 4.46. The fourth-order valence-electron chi connectivity index (χ4n) is 1.82. The van der Waals surface area contributed by atoms with Crippen molar-refractivity contribution in [3.05, 3.63) is 52.8 Å². The Morgan fingerprint density at radius 2 is 2.00 bits per heavy atom. The fraction of sp³-hybridized carbons (Fsp3) is 0.143. The van der Waals surface area contributed by atoms with Gasteiger partial charge in [-0.2, -0.15) is 18.4 Å². The van der Waals surface area contributed by atoms with E-state index in [9.17, 15) is 13.2 Å². The number of hydrogen-bond donors (Lipinski definition) is 0. The van der Waals surface area contributed by atoms with Crippen LogP contribution in [0.3, 0.4) is 0 Å². The van der Waals surface area contributed by atoms with Crippen LogP contribution in [0.1, 0.15) is 11.1 Å². The minimum atomic E-state index is -4.41. The second kappa shape index (κ2) is 5.51. The number of pyridine rings is 1. The lowest BCUT2D eigenvalue weighted by atomic mass is 9.98. The van der Waals surface area contributed by atoms with Crippen molar-refractivity contribution >= 4 is 11.6 Å². The van der Waals surface area contributed by atoms with E-state index in [-0.39, 0.29) is 11.6 Å². The number of nitrogens with zero attached hydrogens (tertiary/aromatic N) is 2. The summed E-state index contributed by atoms with van der Waals surface area (Å²) in [6.07, 6.45) is -2.98. The third-order valence-electron chi connectivity index (χ3n) is 2.73. The van der Waals surface area contributed by atoms with E-state index >= 15 is 0 Å². The van der Waals surface area contributed by atoms with Crippen LogP contribution in [0.2, 0.25) is 5.15 Å². The monoisotopic (exact) mass is 296 g/mol. The highest BCUT2D eigenvalue weighted by Crippen LogP contribution is 2.33. The van der Waals surface area contributed by atoms with Crippen LogP contribution >= 0.6 is 11.6 Å². The van der Waals surface area contributed by atoms with Gasteiger partial charge in [0.05, 0.1) is 18.1 Å². The van der Waals surface area contributed by atoms with E-state index in [4.69, 9.17) is 16.9 Å². The molecular formula is C14H8ClF3N2. The van der Waals surface area contributed by atoms with Gasteiger partial charge >= 0.3 is 6.18 Å². The Bertz CT molecular complexity index is 675. The Morgan fingerprint density at radius 1 is 1.25 bits per heavy atom. The van der Waals surface area contributed by atoms with Gasteiger partial charge in [-0.25, -0.2) is 4.98 Å². The Hall–Kier alpha value is -2.06. The highest BCUT2D eigenvalue weighted by Gasteiger charge is 2.30. The van der Waals surface area contributed by atoms with Crippen molar-refractivity contribution < 1.29 is 13.2 Å². The summed E-state index contributed by atoms with van der Waals surface area (Å²) < 4.78 is 38.1. The molecule has 0 N–H and O–H groups in total. The molecule has 2 rings (SSSR count). The number of rotatable bonds is 2. The number of nitriles is 1. The summed E-state index contributed by atoms with van der Waals surface area (Å²) in [6.45, 7) is 0. The van der Waals surface area contributed by atoms with E-state index in [1.807, 2.05) is 6.07 Å². The molecule has 0 bridgehead atoms. The molecule has 0 saturated heterocycles. The number of halogens is 4. The van der Waals surface area contributed by atoms with Gasteiger partial charge in [0, 0.05) is 11.8 Å². The van der Waals surface area contributed by atoms with E-state index in [0.717, 1.165) is 12.1 Å². The highest BCUT2D eigenvalue weighted by molar-refractivity contribution is 6.29. The summed E-state index contributed by atoms with van der Waals surface area (Å²) in [4.78, 5) is 3.87. The minimum absolute atomic E-state index is 0.0494. The average Bonchev–Trinajstić information content (AvgIpc) is 2.38. The molecule has 1 heterocycles. The van der Waals surface area contributed by atoms with E-state index in [1.54, 1.807) is 6.07 Å². The normalized spacial score (nSPS) is 11.2. The van der Waals surface area contributed by atoms with Crippen LogP contribution in [-0.2, 0) is 12.6 Å². The van der Waals surface area contributed by atoms with Crippen LogP contribution < -0.4 is 0 Å². The lowest BCUT2D eigenvalue weighted by molar-refractivity contribution is -0.137. The lowest BCUT2D eigenvalue weighted by Gasteiger charge is -2.11. The minimum Gasteiger partial charge on any atom is -0.244 e. The van der Waals surface area contributed by atoms with Crippen molar-refractivity contribution in [1.82, 2.24) is 4.98 Å². The Balaban J connectivity index is 2.55. The van der Waals surface area contributed by atoms with E-state index in [0.29, 0.717) is 16.7 Å². The summed E-state index contributed by atoms with van der Waals surface area (Å²) in [5, 5.41) is 8.97. The topological polar surface area (TPSA) is 36.7 Å². The zero-order valence-corrected chi connectivity index (χ0v) is 10.8. The number of benzene rings is 1. The molecular weight excluding hydrogens is 289 g/mol. The SMILES string of the molecule is N#CCc1cc(Cl)ncc1-c1cccc(C(F)(F)F)c1. The first-order valence-corrected chi connectivity index (χ1v) is 5.98. The van der Waals surface area contributed by atoms with Gasteiger partial charge in [0.25, 0.3) is 0 Å². The zero-order chi connectivity index (χ0) is 14.8. The second-order valence-electron chi connectivity index (χ2n) is 4.08. The third-order valence-corrected chi connectivity index (χ3v) is 2.93. The predicted octanol–water partition coefficient (Wildman–Crippen LogP) is 4.49. The molecule has 0 amide bonds. The van der Waals surface area contributed by atoms with Crippen molar-refractivity contribution in [3.63, 3.8) is 0 Å². The summed E-state index contributed by atoms with van der Waals surface area (Å²) in [5.41, 5.74) is 0.635. The third kappa shape index (κ3) is 3.09. The van der Waals surface area contributed by atoms with Crippen molar-refractivity contribution in [2.45, 2.75) is 12.6 Å². The van der Waals surface area contributed by atoms with E-state index in [1.165, 1.54) is 18.3 Å². The maximum atomic E-state index is 12.7. The molecule has 1 aromatic carbocycles. The van der Waals surface area contributed by atoms with Crippen LogP contribution in [0, 0.1) is 11.3 Å². The van der Waals surface area contributed by atoms with Crippen molar-refractivity contribution in [1.29, 1.82) is 5.26 Å². The molecule has 0 aliphatic heterocycles. The first-order chi connectivity index (χ1) is 9.41. The molecule has 2 aromatic rings. The van der Waals surface area contributed by atoms with Crippen LogP contribution in [0.25, 0.3) is 11.1 Å². The van der Waals surface area contributed by atoms with Gasteiger partial charge in [0.2, 0.25) is 0 Å². The first kappa shape index (κ1) is 14.4. The molecule has 0 atom stereocenters. The quantitative estimate of drug-likeness (QED) is 0.766. The largest absolute Gasteiger partial charge is 0.416 e. The van der Waals surface area contributed by atoms with Gasteiger partial charge in [-0.1, -0.05) is 23.7 Å². The molecule has 0 radical (unpaired) electrons. The van der Waals surface area contributed by atoms with Gasteiger partial charge < -0.3 is 0 Å². The molecule has 1 aromatic heterocycles. The summed E-state index contributed by atoms with van der Waals surface area (Å²) in [6, 6.07) is 8.34. The van der Waals surface area contributed by atoms with Crippen molar-refractivity contribution in [2.24, 2.45) is 0 Å². The average molecular weight is 297 g/mol. The van der Waals surface area contributed by atoms with Crippen molar-refractivity contribution in [3.8, 4) is 17.2 Å². The fourth-order valence-corrected chi connectivity index (χ4v) is 2.00. The number of hydrogen-bond acceptors (Lipinski definition) is 2. The van der Waals surface area contributed by atoms with Crippen LogP contribution in [0.4, 0.5) is 13.2 Å². The van der Waals surface area contributed by atoms with Crippen LogP contribution in [0.15, 0.2) is 36.5 Å². The zero-order valence-electron chi connectivity index (χ0n) is 10.1. The summed E-state index contributed by atoms with van der Waals surface area (Å²) in [5.74, 6) is 0. The molecule has 6 heteroatoms. The predicted molar refractivity (Wildman–Crippen MR) is 69.0 cm³/mol. The van der Waals surface area contributed by atoms with Gasteiger partial charge in [-0.05, 0) is 29.3 Å². The Labute approximate surface area is 118 Å². The van der Waals surface area contributed by atoms with Gasteiger partial charge in [0.15, 0.2) is 0 Å². The molecule has 0 aliphatic carbocycles. The van der Waals surface area contributed by atoms with Crippen LogP contribution in [0.5, 0.6) is 0 Å². The standard InChI is InChI=1S/C14H8ClF3N2/c15-13-7-10(4-5-19)12(8-20-13)9-2-1-3-11(6-9)14(16,17)18/h1-3,6-8H,4H2. The lowest BCUT2D eigenvalue weighted by Crippen LogP contribution is -2.04. The molecule has 0 saturated carbocycles. The molecule has 0 fully saturated rings. The maximum Gasteiger partial charge on any atom is 0.416 e. The smallest absolute Gasteiger partial charge is 0.244 e. The molecule has 102 valence electrons. The van der Waals surface area contributed by atoms with E-state index in [2.05, 4.69) is 4.98 Å². The Kier molecular flexibility index (Phi) is 3.96. The molecule has 0 spiro atoms. The van der Waals surface area contributed by atoms with Gasteiger partial charge in [-0.15, -0.1) is 0 Å². The van der Waals surface area contributed by atoms with Crippen LogP contribution in [-0.4, -0.2) is 4.98 Å². The maximum absolute atomic E-state index is 12.7. The molecule has 0 unspecified atom stereocenters.